The van der Waals surface area contributed by atoms with E-state index in [1.165, 1.54) is 11.8 Å². The molecular weight excluding hydrogens is 294 g/mol. The zero-order chi connectivity index (χ0) is 15.0. The van der Waals surface area contributed by atoms with Gasteiger partial charge in [-0.3, -0.25) is 9.69 Å². The number of para-hydroxylation sites is 1. The number of carbonyl (C=O) groups excluding carboxylic acids is 1. The smallest absolute Gasteiger partial charge is 0.238 e. The van der Waals surface area contributed by atoms with Gasteiger partial charge in [-0.05, 0) is 12.1 Å². The molecule has 3 N–H and O–H groups in total. The van der Waals surface area contributed by atoms with Crippen LogP contribution in [0.3, 0.4) is 0 Å². The summed E-state index contributed by atoms with van der Waals surface area (Å²) in [7, 11) is 0. The van der Waals surface area contributed by atoms with E-state index >= 15 is 0 Å². The van der Waals surface area contributed by atoms with E-state index in [4.69, 9.17) is 9.84 Å². The maximum atomic E-state index is 12.1. The van der Waals surface area contributed by atoms with Crippen LogP contribution in [0.4, 0.5) is 5.69 Å². The van der Waals surface area contributed by atoms with Crippen LogP contribution in [0.15, 0.2) is 30.3 Å². The highest BCUT2D eigenvalue weighted by Gasteiger charge is 2.50. The lowest BCUT2D eigenvalue weighted by Crippen LogP contribution is -2.46. The van der Waals surface area contributed by atoms with E-state index in [0.717, 1.165) is 5.69 Å². The maximum Gasteiger partial charge on any atom is 0.238 e. The van der Waals surface area contributed by atoms with E-state index in [-0.39, 0.29) is 12.5 Å². The molecule has 2 heterocycles. The molecule has 5 atom stereocenters. The average molecular weight is 311 g/mol. The van der Waals surface area contributed by atoms with Crippen LogP contribution in [0.5, 0.6) is 0 Å². The molecule has 1 aromatic rings. The highest BCUT2D eigenvalue weighted by Crippen LogP contribution is 2.38. The summed E-state index contributed by atoms with van der Waals surface area (Å²) in [4.78, 5) is 13.7. The molecule has 1 amide bonds. The summed E-state index contributed by atoms with van der Waals surface area (Å²) in [6, 6.07) is 9.16. The molecule has 2 aliphatic heterocycles. The number of rotatable bonds is 3. The molecule has 0 spiro atoms. The molecule has 2 saturated heterocycles. The number of anilines is 1. The third kappa shape index (κ3) is 2.56. The number of amides is 1. The fraction of sp³-hybridized carbons (Fsp3) is 0.500. The topological polar surface area (TPSA) is 90.2 Å². The van der Waals surface area contributed by atoms with Gasteiger partial charge in [0.15, 0.2) is 0 Å². The predicted octanol–water partition coefficient (Wildman–Crippen LogP) is -0.426. The second kappa shape index (κ2) is 5.94. The molecule has 1 aromatic carbocycles. The van der Waals surface area contributed by atoms with E-state index in [0.29, 0.717) is 5.75 Å². The van der Waals surface area contributed by atoms with Crippen molar-refractivity contribution in [1.82, 2.24) is 0 Å². The number of carbonyl (C=O) groups is 1. The molecule has 114 valence electrons. The fourth-order valence-corrected chi connectivity index (χ4v) is 3.98. The lowest BCUT2D eigenvalue weighted by molar-refractivity contribution is -0.116. The molecule has 0 bridgehead atoms. The van der Waals surface area contributed by atoms with Gasteiger partial charge in [0.1, 0.15) is 29.8 Å². The normalized spacial score (nSPS) is 36.4. The monoisotopic (exact) mass is 311 g/mol. The quantitative estimate of drug-likeness (QED) is 0.702. The summed E-state index contributed by atoms with van der Waals surface area (Å²) >= 11 is 1.37. The first-order chi connectivity index (χ1) is 10.1. The van der Waals surface area contributed by atoms with Gasteiger partial charge < -0.3 is 20.1 Å². The Morgan fingerprint density at radius 2 is 1.95 bits per heavy atom. The largest absolute Gasteiger partial charge is 0.394 e. The minimum atomic E-state index is -1.14. The average Bonchev–Trinajstić information content (AvgIpc) is 3.02. The van der Waals surface area contributed by atoms with Crippen molar-refractivity contribution in [2.75, 3.05) is 17.3 Å². The van der Waals surface area contributed by atoms with E-state index in [1.807, 2.05) is 30.3 Å². The Morgan fingerprint density at radius 3 is 2.57 bits per heavy atom. The highest BCUT2D eigenvalue weighted by atomic mass is 32.2. The molecule has 6 nitrogen and oxygen atoms in total. The summed E-state index contributed by atoms with van der Waals surface area (Å²) in [6.07, 6.45) is -3.82. The van der Waals surface area contributed by atoms with Crippen LogP contribution in [0.1, 0.15) is 0 Å². The van der Waals surface area contributed by atoms with Crippen molar-refractivity contribution in [1.29, 1.82) is 0 Å². The van der Waals surface area contributed by atoms with Gasteiger partial charge in [0, 0.05) is 5.69 Å². The van der Waals surface area contributed by atoms with Gasteiger partial charge in [0.05, 0.1) is 12.4 Å². The molecule has 0 aliphatic carbocycles. The molecule has 0 radical (unpaired) electrons. The van der Waals surface area contributed by atoms with Crippen molar-refractivity contribution in [3.05, 3.63) is 30.3 Å². The van der Waals surface area contributed by atoms with Crippen LogP contribution in [-0.2, 0) is 9.53 Å². The van der Waals surface area contributed by atoms with Crippen LogP contribution in [0.2, 0.25) is 0 Å². The van der Waals surface area contributed by atoms with E-state index < -0.39 is 29.8 Å². The number of ether oxygens (including phenoxy) is 1. The summed E-state index contributed by atoms with van der Waals surface area (Å²) < 4.78 is 5.55. The lowest BCUT2D eigenvalue weighted by atomic mass is 10.1. The first kappa shape index (κ1) is 14.8. The Balaban J connectivity index is 1.86. The van der Waals surface area contributed by atoms with Crippen LogP contribution in [0, 0.1) is 0 Å². The minimum absolute atomic E-state index is 0.0612. The maximum absolute atomic E-state index is 12.1. The van der Waals surface area contributed by atoms with Crippen molar-refractivity contribution in [2.24, 2.45) is 0 Å². The standard InChI is InChI=1S/C14H17NO5S/c16-6-9-11(18)12(19)13(20-9)14-15(10(17)7-21-14)8-4-2-1-3-5-8/h1-5,9,11-14,16,18-19H,6-7H2/t9-,11-,12+,13+,14+/m1/s1. The Morgan fingerprint density at radius 1 is 1.24 bits per heavy atom. The third-order valence-corrected chi connectivity index (χ3v) is 5.03. The SMILES string of the molecule is O=C1CS[C@@H]([C@H]2O[C@H](CO)[C@@H](O)[C@@H]2O)N1c1ccccc1. The number of benzene rings is 1. The second-order valence-corrected chi connectivity index (χ2v) is 6.21. The second-order valence-electron chi connectivity index (χ2n) is 5.10. The summed E-state index contributed by atoms with van der Waals surface area (Å²) in [5, 5.41) is 28.7. The van der Waals surface area contributed by atoms with Crippen molar-refractivity contribution >= 4 is 23.4 Å². The summed E-state index contributed by atoms with van der Waals surface area (Å²) in [5.41, 5.74) is 0.732. The third-order valence-electron chi connectivity index (χ3n) is 3.80. The fourth-order valence-electron chi connectivity index (χ4n) is 2.73. The Bertz CT molecular complexity index is 513. The van der Waals surface area contributed by atoms with Gasteiger partial charge >= 0.3 is 0 Å². The zero-order valence-corrected chi connectivity index (χ0v) is 12.0. The van der Waals surface area contributed by atoms with Gasteiger partial charge in [0.25, 0.3) is 0 Å². The van der Waals surface area contributed by atoms with Crippen LogP contribution >= 0.6 is 11.8 Å². The number of hydrogen-bond acceptors (Lipinski definition) is 6. The van der Waals surface area contributed by atoms with E-state index in [9.17, 15) is 15.0 Å². The molecule has 21 heavy (non-hydrogen) atoms. The van der Waals surface area contributed by atoms with Gasteiger partial charge in [-0.15, -0.1) is 11.8 Å². The first-order valence-electron chi connectivity index (χ1n) is 6.74. The zero-order valence-electron chi connectivity index (χ0n) is 11.2. The van der Waals surface area contributed by atoms with Crippen molar-refractivity contribution in [3.8, 4) is 0 Å². The van der Waals surface area contributed by atoms with E-state index in [2.05, 4.69) is 0 Å². The number of thioether (sulfide) groups is 1. The van der Waals surface area contributed by atoms with Gasteiger partial charge in [-0.25, -0.2) is 0 Å². The number of nitrogens with zero attached hydrogens (tertiary/aromatic N) is 1. The Hall–Kier alpha value is -1.12. The summed E-state index contributed by atoms with van der Waals surface area (Å²) in [5.74, 6) is 0.236. The van der Waals surface area contributed by atoms with E-state index in [1.54, 1.807) is 4.90 Å². The molecule has 3 rings (SSSR count). The molecular formula is C14H17NO5S. The number of aliphatic hydroxyl groups excluding tert-OH is 3. The Labute approximate surface area is 126 Å². The van der Waals surface area contributed by atoms with Gasteiger partial charge in [-0.1, -0.05) is 18.2 Å². The van der Waals surface area contributed by atoms with Crippen LogP contribution in [-0.4, -0.2) is 63.4 Å². The van der Waals surface area contributed by atoms with Crippen LogP contribution in [0.25, 0.3) is 0 Å². The molecule has 2 fully saturated rings. The number of hydrogen-bond donors (Lipinski definition) is 3. The highest BCUT2D eigenvalue weighted by molar-refractivity contribution is 8.01. The molecule has 0 saturated carbocycles. The number of aliphatic hydroxyl groups is 3. The molecule has 0 aromatic heterocycles. The summed E-state index contributed by atoms with van der Waals surface area (Å²) in [6.45, 7) is -0.370. The van der Waals surface area contributed by atoms with Crippen molar-refractivity contribution < 1.29 is 24.9 Å². The predicted molar refractivity (Wildman–Crippen MR) is 77.9 cm³/mol. The Kier molecular flexibility index (Phi) is 4.19. The van der Waals surface area contributed by atoms with Gasteiger partial charge in [0.2, 0.25) is 5.91 Å². The van der Waals surface area contributed by atoms with Gasteiger partial charge in [-0.2, -0.15) is 0 Å². The molecule has 0 unspecified atom stereocenters. The van der Waals surface area contributed by atoms with Crippen molar-refractivity contribution in [2.45, 2.75) is 29.8 Å². The minimum Gasteiger partial charge on any atom is -0.394 e. The van der Waals surface area contributed by atoms with Crippen molar-refractivity contribution in [3.63, 3.8) is 0 Å². The lowest BCUT2D eigenvalue weighted by Gasteiger charge is -2.29. The molecule has 7 heteroatoms. The first-order valence-corrected chi connectivity index (χ1v) is 7.79. The van der Waals surface area contributed by atoms with Crippen LogP contribution < -0.4 is 4.90 Å². The molecule has 2 aliphatic rings.